The molecule has 1 saturated heterocycles. The van der Waals surface area contributed by atoms with E-state index in [1.807, 2.05) is 10.7 Å². The smallest absolute Gasteiger partial charge is 0.269 e. The van der Waals surface area contributed by atoms with E-state index in [1.54, 1.807) is 0 Å². The number of carbonyl (C=O) groups excluding carboxylic acids is 1. The maximum absolute atomic E-state index is 12.7. The fourth-order valence-corrected chi connectivity index (χ4v) is 3.54. The first kappa shape index (κ1) is 18.4. The van der Waals surface area contributed by atoms with Gasteiger partial charge in [0.2, 0.25) is 0 Å². The zero-order valence-electron chi connectivity index (χ0n) is 16.2. The van der Waals surface area contributed by atoms with Crippen LogP contribution in [-0.4, -0.2) is 59.0 Å². The van der Waals surface area contributed by atoms with E-state index >= 15 is 0 Å². The number of hydrogen-bond acceptors (Lipinski definition) is 4. The zero-order valence-corrected chi connectivity index (χ0v) is 16.2. The fraction of sp³-hybridized carbons (Fsp3) is 0.789. The lowest BCUT2D eigenvalue weighted by atomic mass is 10.1. The van der Waals surface area contributed by atoms with Crippen LogP contribution in [0, 0.1) is 0 Å². The van der Waals surface area contributed by atoms with Gasteiger partial charge in [0.1, 0.15) is 5.69 Å². The quantitative estimate of drug-likeness (QED) is 0.887. The van der Waals surface area contributed by atoms with Crippen molar-refractivity contribution in [3.8, 4) is 0 Å². The summed E-state index contributed by atoms with van der Waals surface area (Å²) in [6.07, 6.45) is 2.89. The van der Waals surface area contributed by atoms with Crippen LogP contribution in [-0.2, 0) is 10.3 Å². The van der Waals surface area contributed by atoms with Gasteiger partial charge in [-0.2, -0.15) is 5.10 Å². The zero-order chi connectivity index (χ0) is 18.2. The third kappa shape index (κ3) is 4.61. The van der Waals surface area contributed by atoms with Gasteiger partial charge in [0, 0.05) is 32.1 Å². The summed E-state index contributed by atoms with van der Waals surface area (Å²) < 4.78 is 7.64. The molecule has 6 nitrogen and oxygen atoms in total. The predicted octanol–water partition coefficient (Wildman–Crippen LogP) is 2.35. The summed E-state index contributed by atoms with van der Waals surface area (Å²) in [5, 5.41) is 7.79. The second-order valence-corrected chi connectivity index (χ2v) is 8.58. The monoisotopic (exact) mass is 348 g/mol. The van der Waals surface area contributed by atoms with E-state index in [-0.39, 0.29) is 23.7 Å². The largest absolute Gasteiger partial charge is 0.373 e. The minimum absolute atomic E-state index is 0.0244. The lowest BCUT2D eigenvalue weighted by Crippen LogP contribution is -2.48. The normalized spacial score (nSPS) is 25.2. The van der Waals surface area contributed by atoms with Gasteiger partial charge in [0.25, 0.3) is 5.91 Å². The number of amides is 1. The first-order chi connectivity index (χ1) is 11.7. The standard InChI is InChI=1S/C19H32N4O2/c1-13-11-22(12-14(2)25-13)9-8-20-18(24)17-10-16(15-6-7-15)21-23(17)19(3,4)5/h10,13-15H,6-9,11-12H2,1-5H3,(H,20,24)/t13-,14-/m1/s1. The van der Waals surface area contributed by atoms with Gasteiger partial charge in [0.15, 0.2) is 0 Å². The van der Waals surface area contributed by atoms with E-state index in [1.165, 1.54) is 12.8 Å². The highest BCUT2D eigenvalue weighted by Crippen LogP contribution is 2.40. The van der Waals surface area contributed by atoms with Crippen molar-refractivity contribution >= 4 is 5.91 Å². The van der Waals surface area contributed by atoms with Gasteiger partial charge in [-0.1, -0.05) is 0 Å². The van der Waals surface area contributed by atoms with Crippen molar-refractivity contribution in [2.24, 2.45) is 0 Å². The number of nitrogens with zero attached hydrogens (tertiary/aromatic N) is 3. The highest BCUT2D eigenvalue weighted by Gasteiger charge is 2.31. The van der Waals surface area contributed by atoms with Gasteiger partial charge < -0.3 is 10.1 Å². The van der Waals surface area contributed by atoms with Crippen LogP contribution in [0.2, 0.25) is 0 Å². The molecule has 1 amide bonds. The summed E-state index contributed by atoms with van der Waals surface area (Å²) in [6, 6.07) is 1.98. The van der Waals surface area contributed by atoms with E-state index in [2.05, 4.69) is 44.8 Å². The molecule has 1 aliphatic carbocycles. The number of hydrogen-bond donors (Lipinski definition) is 1. The van der Waals surface area contributed by atoms with Crippen LogP contribution in [0.1, 0.15) is 69.6 Å². The number of carbonyl (C=O) groups is 1. The number of nitrogens with one attached hydrogen (secondary N) is 1. The average molecular weight is 348 g/mol. The van der Waals surface area contributed by atoms with Crippen LogP contribution in [0.5, 0.6) is 0 Å². The Kier molecular flexibility index (Phi) is 5.21. The summed E-state index contributed by atoms with van der Waals surface area (Å²) in [5.41, 5.74) is 1.54. The summed E-state index contributed by atoms with van der Waals surface area (Å²) >= 11 is 0. The van der Waals surface area contributed by atoms with Crippen LogP contribution in [0.25, 0.3) is 0 Å². The Morgan fingerprint density at radius 1 is 1.28 bits per heavy atom. The molecule has 2 aliphatic rings. The molecule has 0 bridgehead atoms. The molecule has 0 unspecified atom stereocenters. The van der Waals surface area contributed by atoms with Crippen molar-refractivity contribution < 1.29 is 9.53 Å². The molecule has 1 N–H and O–H groups in total. The molecule has 1 aromatic rings. The van der Waals surface area contributed by atoms with Gasteiger partial charge in [-0.15, -0.1) is 0 Å². The number of aromatic nitrogens is 2. The highest BCUT2D eigenvalue weighted by atomic mass is 16.5. The minimum Gasteiger partial charge on any atom is -0.373 e. The molecule has 25 heavy (non-hydrogen) atoms. The maximum atomic E-state index is 12.7. The van der Waals surface area contributed by atoms with Gasteiger partial charge >= 0.3 is 0 Å². The Morgan fingerprint density at radius 2 is 1.92 bits per heavy atom. The molecule has 2 atom stereocenters. The van der Waals surface area contributed by atoms with Crippen LogP contribution < -0.4 is 5.32 Å². The van der Waals surface area contributed by atoms with Crippen molar-refractivity contribution in [2.45, 2.75) is 71.1 Å². The number of rotatable bonds is 5. The minimum atomic E-state index is -0.200. The van der Waals surface area contributed by atoms with E-state index in [0.29, 0.717) is 18.2 Å². The number of morpholine rings is 1. The summed E-state index contributed by atoms with van der Waals surface area (Å²) in [6.45, 7) is 13.8. The Morgan fingerprint density at radius 3 is 2.48 bits per heavy atom. The molecule has 0 spiro atoms. The van der Waals surface area contributed by atoms with Crippen molar-refractivity contribution in [1.82, 2.24) is 20.0 Å². The molecule has 3 rings (SSSR count). The third-order valence-corrected chi connectivity index (χ3v) is 4.80. The van der Waals surface area contributed by atoms with Crippen molar-refractivity contribution in [2.75, 3.05) is 26.2 Å². The molecule has 140 valence electrons. The van der Waals surface area contributed by atoms with Gasteiger partial charge in [-0.3, -0.25) is 14.4 Å². The first-order valence-electron chi connectivity index (χ1n) is 9.50. The van der Waals surface area contributed by atoms with Crippen molar-refractivity contribution in [3.63, 3.8) is 0 Å². The highest BCUT2D eigenvalue weighted by molar-refractivity contribution is 5.92. The molecule has 2 heterocycles. The molecule has 0 radical (unpaired) electrons. The molecule has 0 aromatic carbocycles. The molecular weight excluding hydrogens is 316 g/mol. The molecule has 1 aromatic heterocycles. The molecular formula is C19H32N4O2. The molecule has 1 aliphatic heterocycles. The van der Waals surface area contributed by atoms with E-state index in [4.69, 9.17) is 9.84 Å². The summed E-state index contributed by atoms with van der Waals surface area (Å²) in [7, 11) is 0. The molecule has 6 heteroatoms. The van der Waals surface area contributed by atoms with E-state index in [9.17, 15) is 4.79 Å². The Hall–Kier alpha value is -1.40. The Labute approximate surface area is 150 Å². The number of ether oxygens (including phenoxy) is 1. The lowest BCUT2D eigenvalue weighted by molar-refractivity contribution is -0.0672. The van der Waals surface area contributed by atoms with Crippen LogP contribution >= 0.6 is 0 Å². The van der Waals surface area contributed by atoms with Gasteiger partial charge in [-0.25, -0.2) is 0 Å². The van der Waals surface area contributed by atoms with Crippen molar-refractivity contribution in [3.05, 3.63) is 17.5 Å². The Balaban J connectivity index is 1.59. The Bertz CT molecular complexity index is 605. The average Bonchev–Trinajstić information content (AvgIpc) is 3.23. The van der Waals surface area contributed by atoms with Crippen molar-refractivity contribution in [1.29, 1.82) is 0 Å². The second kappa shape index (κ2) is 7.08. The van der Waals surface area contributed by atoms with Gasteiger partial charge in [-0.05, 0) is 53.5 Å². The predicted molar refractivity (Wildman–Crippen MR) is 98.0 cm³/mol. The van der Waals surface area contributed by atoms with E-state index in [0.717, 1.165) is 25.3 Å². The topological polar surface area (TPSA) is 59.4 Å². The van der Waals surface area contributed by atoms with Gasteiger partial charge in [0.05, 0.1) is 23.4 Å². The molecule has 1 saturated carbocycles. The summed E-state index contributed by atoms with van der Waals surface area (Å²) in [5.74, 6) is 0.523. The van der Waals surface area contributed by atoms with Crippen LogP contribution in [0.15, 0.2) is 6.07 Å². The first-order valence-corrected chi connectivity index (χ1v) is 9.50. The second-order valence-electron chi connectivity index (χ2n) is 8.58. The third-order valence-electron chi connectivity index (χ3n) is 4.80. The van der Waals surface area contributed by atoms with E-state index < -0.39 is 0 Å². The molecule has 2 fully saturated rings. The lowest BCUT2D eigenvalue weighted by Gasteiger charge is -2.35. The maximum Gasteiger partial charge on any atom is 0.269 e. The summed E-state index contributed by atoms with van der Waals surface area (Å²) in [4.78, 5) is 15.1. The van der Waals surface area contributed by atoms with Crippen LogP contribution in [0.4, 0.5) is 0 Å². The SMILES string of the molecule is C[C@@H]1CN(CCNC(=O)c2cc(C3CC3)nn2C(C)(C)C)C[C@@H](C)O1. The fourth-order valence-electron chi connectivity index (χ4n) is 3.54. The van der Waals surface area contributed by atoms with Crippen LogP contribution in [0.3, 0.4) is 0 Å².